The largest absolute Gasteiger partial charge is 0.497 e. The van der Waals surface area contributed by atoms with Crippen LogP contribution in [-0.4, -0.2) is 64.9 Å². The lowest BCUT2D eigenvalue weighted by Gasteiger charge is -2.27. The van der Waals surface area contributed by atoms with Crippen LogP contribution < -0.4 is 9.47 Å². The van der Waals surface area contributed by atoms with Crippen molar-refractivity contribution in [3.8, 4) is 11.6 Å². The number of amides is 1. The average Bonchev–Trinajstić information content (AvgIpc) is 3.56. The molecule has 0 bridgehead atoms. The van der Waals surface area contributed by atoms with Gasteiger partial charge < -0.3 is 19.1 Å². The number of carbonyl (C=O) groups is 3. The van der Waals surface area contributed by atoms with Gasteiger partial charge in [-0.2, -0.15) is 0 Å². The molecule has 9 nitrogen and oxygen atoms in total. The second-order valence-electron chi connectivity index (χ2n) is 11.5. The third kappa shape index (κ3) is 7.37. The molecule has 0 radical (unpaired) electrons. The molecule has 2 aromatic rings. The second-order valence-corrected chi connectivity index (χ2v) is 11.9. The van der Waals surface area contributed by atoms with E-state index in [0.717, 1.165) is 25.7 Å². The van der Waals surface area contributed by atoms with Crippen molar-refractivity contribution in [2.45, 2.75) is 77.4 Å². The Morgan fingerprint density at radius 1 is 1.19 bits per heavy atom. The van der Waals surface area contributed by atoms with Gasteiger partial charge in [0.1, 0.15) is 11.9 Å². The normalized spacial score (nSPS) is 23.4. The molecule has 1 aliphatic heterocycles. The van der Waals surface area contributed by atoms with Gasteiger partial charge in [-0.25, -0.2) is 9.97 Å². The fraction of sp³-hybridized carbons (Fsp3) is 0.545. The zero-order valence-electron chi connectivity index (χ0n) is 25.4. The van der Waals surface area contributed by atoms with Gasteiger partial charge in [0, 0.05) is 24.8 Å². The number of hydrogen-bond donors (Lipinski definition) is 0. The maximum atomic E-state index is 13.9. The molecule has 232 valence electrons. The van der Waals surface area contributed by atoms with E-state index in [9.17, 15) is 14.4 Å². The molecule has 1 aliphatic carbocycles. The van der Waals surface area contributed by atoms with E-state index in [1.165, 1.54) is 0 Å². The highest BCUT2D eigenvalue weighted by atomic mass is 35.5. The third-order valence-corrected chi connectivity index (χ3v) is 8.80. The van der Waals surface area contributed by atoms with Gasteiger partial charge in [0.05, 0.1) is 42.8 Å². The number of likely N-dealkylation sites (tertiary alicyclic amines) is 1. The van der Waals surface area contributed by atoms with Crippen molar-refractivity contribution in [3.63, 3.8) is 0 Å². The minimum atomic E-state index is -0.925. The Morgan fingerprint density at radius 3 is 2.65 bits per heavy atom. The molecule has 1 aromatic carbocycles. The number of ketones is 1. The molecular formula is C33H42ClN3O6. The Labute approximate surface area is 258 Å². The number of carbonyl (C=O) groups excluding carboxylic acids is 3. The van der Waals surface area contributed by atoms with Crippen molar-refractivity contribution >= 4 is 40.3 Å². The van der Waals surface area contributed by atoms with Crippen molar-refractivity contribution in [2.24, 2.45) is 17.3 Å². The van der Waals surface area contributed by atoms with Gasteiger partial charge in [-0.1, -0.05) is 43.5 Å². The van der Waals surface area contributed by atoms with Gasteiger partial charge in [0.25, 0.3) is 5.88 Å². The van der Waals surface area contributed by atoms with Gasteiger partial charge >= 0.3 is 5.97 Å². The second kappa shape index (κ2) is 14.3. The van der Waals surface area contributed by atoms with Crippen molar-refractivity contribution in [1.82, 2.24) is 14.9 Å². The Kier molecular flexibility index (Phi) is 10.8. The van der Waals surface area contributed by atoms with Crippen LogP contribution in [0.4, 0.5) is 0 Å². The third-order valence-electron chi connectivity index (χ3n) is 8.55. The van der Waals surface area contributed by atoms with Crippen LogP contribution in [0.2, 0.25) is 5.15 Å². The SMILES string of the molecule is C=CCCCCC[C@H](C)C(=O)N1C[C@H](Oc2nc3cc(OC)ccc3nc2Cl)C[C@H]1C(=O)C[C@]1(C(=O)OCC)C[C@H]1C=C. The summed E-state index contributed by atoms with van der Waals surface area (Å²) in [4.78, 5) is 51.1. The van der Waals surface area contributed by atoms with E-state index >= 15 is 0 Å². The van der Waals surface area contributed by atoms with Crippen LogP contribution in [0.5, 0.6) is 11.6 Å². The minimum Gasteiger partial charge on any atom is -0.497 e. The van der Waals surface area contributed by atoms with Gasteiger partial charge in [0.2, 0.25) is 5.91 Å². The average molecular weight is 612 g/mol. The predicted octanol–water partition coefficient (Wildman–Crippen LogP) is 6.13. The number of unbranched alkanes of at least 4 members (excludes halogenated alkanes) is 3. The molecule has 0 N–H and O–H groups in total. The first-order valence-electron chi connectivity index (χ1n) is 15.1. The van der Waals surface area contributed by atoms with E-state index in [1.807, 2.05) is 13.0 Å². The molecule has 1 amide bonds. The summed E-state index contributed by atoms with van der Waals surface area (Å²) in [5, 5.41) is 0.0891. The number of esters is 1. The number of methoxy groups -OCH3 is 1. The molecule has 1 saturated heterocycles. The highest BCUT2D eigenvalue weighted by Gasteiger charge is 2.61. The Morgan fingerprint density at radius 2 is 1.98 bits per heavy atom. The number of halogens is 1. The van der Waals surface area contributed by atoms with Crippen LogP contribution in [0, 0.1) is 17.3 Å². The fourth-order valence-electron chi connectivity index (χ4n) is 5.97. The molecule has 2 heterocycles. The van der Waals surface area contributed by atoms with E-state index in [-0.39, 0.29) is 60.6 Å². The summed E-state index contributed by atoms with van der Waals surface area (Å²) in [6.45, 7) is 11.7. The monoisotopic (exact) mass is 611 g/mol. The summed E-state index contributed by atoms with van der Waals surface area (Å²) in [5.41, 5.74) is 0.204. The fourth-order valence-corrected chi connectivity index (χ4v) is 6.14. The summed E-state index contributed by atoms with van der Waals surface area (Å²) >= 11 is 6.44. The first kappa shape index (κ1) is 32.5. The lowest BCUT2D eigenvalue weighted by Crippen LogP contribution is -2.44. The number of nitrogens with zero attached hydrogens (tertiary/aromatic N) is 3. The topological polar surface area (TPSA) is 108 Å². The number of benzene rings is 1. The highest BCUT2D eigenvalue weighted by molar-refractivity contribution is 6.31. The minimum absolute atomic E-state index is 0.0179. The van der Waals surface area contributed by atoms with Gasteiger partial charge in [-0.3, -0.25) is 14.4 Å². The Hall–Kier alpha value is -3.46. The first-order chi connectivity index (χ1) is 20.7. The van der Waals surface area contributed by atoms with E-state index in [0.29, 0.717) is 29.6 Å². The summed E-state index contributed by atoms with van der Waals surface area (Å²) in [5.74, 6) is -0.337. The van der Waals surface area contributed by atoms with Crippen molar-refractivity contribution < 1.29 is 28.6 Å². The molecule has 1 aromatic heterocycles. The Bertz CT molecular complexity index is 1370. The van der Waals surface area contributed by atoms with Crippen molar-refractivity contribution in [1.29, 1.82) is 0 Å². The van der Waals surface area contributed by atoms with E-state index < -0.39 is 23.5 Å². The summed E-state index contributed by atoms with van der Waals surface area (Å²) in [6.07, 6.45) is 8.42. The number of fused-ring (bicyclic) bond motifs is 1. The van der Waals surface area contributed by atoms with Crippen LogP contribution in [-0.2, 0) is 19.1 Å². The van der Waals surface area contributed by atoms with Crippen LogP contribution in [0.15, 0.2) is 43.5 Å². The number of hydrogen-bond acceptors (Lipinski definition) is 8. The van der Waals surface area contributed by atoms with Crippen molar-refractivity contribution in [3.05, 3.63) is 48.7 Å². The molecule has 10 heteroatoms. The quantitative estimate of drug-likeness (QED) is 0.127. The number of Topliss-reactive ketones (excluding diaryl/α,β-unsaturated/α-hetero) is 1. The number of aromatic nitrogens is 2. The van der Waals surface area contributed by atoms with Gasteiger partial charge in [-0.05, 0) is 50.7 Å². The zero-order chi connectivity index (χ0) is 31.1. The lowest BCUT2D eigenvalue weighted by molar-refractivity contribution is -0.152. The molecule has 5 atom stereocenters. The first-order valence-corrected chi connectivity index (χ1v) is 15.5. The zero-order valence-corrected chi connectivity index (χ0v) is 26.1. The molecule has 0 unspecified atom stereocenters. The predicted molar refractivity (Wildman–Crippen MR) is 165 cm³/mol. The molecular weight excluding hydrogens is 570 g/mol. The van der Waals surface area contributed by atoms with Crippen LogP contribution in [0.1, 0.15) is 65.2 Å². The maximum absolute atomic E-state index is 13.9. The Balaban J connectivity index is 1.54. The smallest absolute Gasteiger partial charge is 0.313 e. The number of rotatable bonds is 16. The molecule has 43 heavy (non-hydrogen) atoms. The highest BCUT2D eigenvalue weighted by Crippen LogP contribution is 2.57. The van der Waals surface area contributed by atoms with Crippen LogP contribution in [0.3, 0.4) is 0 Å². The van der Waals surface area contributed by atoms with Crippen LogP contribution >= 0.6 is 11.6 Å². The maximum Gasteiger partial charge on any atom is 0.313 e. The summed E-state index contributed by atoms with van der Waals surface area (Å²) in [6, 6.07) is 4.52. The van der Waals surface area contributed by atoms with Crippen LogP contribution in [0.25, 0.3) is 11.0 Å². The standard InChI is InChI=1S/C33H42ClN3O6/c1-6-9-10-11-12-13-21(4)31(39)37-20-24(43-30-29(34)35-25-15-14-23(41-5)16-26(25)36-30)17-27(37)28(38)19-33(18-22(33)7-2)32(40)42-8-3/h6-7,14-16,21-22,24,27H,1-2,8-13,17-20H2,3-5H3/t21-,22+,24+,27-,33+/m0/s1. The van der Waals surface area contributed by atoms with Gasteiger partial charge in [-0.15, -0.1) is 13.2 Å². The van der Waals surface area contributed by atoms with Crippen molar-refractivity contribution in [2.75, 3.05) is 20.3 Å². The molecule has 1 saturated carbocycles. The summed E-state index contributed by atoms with van der Waals surface area (Å²) in [7, 11) is 1.57. The number of allylic oxidation sites excluding steroid dienone is 2. The molecule has 2 aliphatic rings. The van der Waals surface area contributed by atoms with Gasteiger partial charge in [0.15, 0.2) is 10.9 Å². The molecule has 0 spiro atoms. The molecule has 4 rings (SSSR count). The van der Waals surface area contributed by atoms with E-state index in [1.54, 1.807) is 43.2 Å². The number of ether oxygens (including phenoxy) is 3. The molecule has 2 fully saturated rings. The lowest BCUT2D eigenvalue weighted by atomic mass is 9.91. The van der Waals surface area contributed by atoms with E-state index in [4.69, 9.17) is 25.8 Å². The summed E-state index contributed by atoms with van der Waals surface area (Å²) < 4.78 is 16.8. The van der Waals surface area contributed by atoms with E-state index in [2.05, 4.69) is 23.1 Å².